The molecule has 0 fully saturated rings. The molecule has 0 saturated heterocycles. The molecule has 0 atom stereocenters. The van der Waals surface area contributed by atoms with E-state index >= 15 is 0 Å². The van der Waals surface area contributed by atoms with Gasteiger partial charge in [0.2, 0.25) is 0 Å². The van der Waals surface area contributed by atoms with Crippen LogP contribution in [-0.2, 0) is 0 Å². The number of fused-ring (bicyclic) bond motifs is 1. The molecular formula is C9H8N2O. The van der Waals surface area contributed by atoms with Gasteiger partial charge in [0.25, 0.3) is 0 Å². The number of para-hydroxylation sites is 1. The number of nitrogens with zero attached hydrogens (tertiary/aromatic N) is 1. The zero-order chi connectivity index (χ0) is 8.55. The highest BCUT2D eigenvalue weighted by Crippen LogP contribution is 2.14. The van der Waals surface area contributed by atoms with E-state index in [9.17, 15) is 4.79 Å². The second kappa shape index (κ2) is 2.44. The van der Waals surface area contributed by atoms with Gasteiger partial charge in [-0.15, -0.1) is 0 Å². The van der Waals surface area contributed by atoms with Crippen LogP contribution in [-0.4, -0.2) is 16.3 Å². The summed E-state index contributed by atoms with van der Waals surface area (Å²) in [5, 5.41) is 0. The highest BCUT2D eigenvalue weighted by atomic mass is 16.1. The molecule has 60 valence electrons. The fourth-order valence-corrected chi connectivity index (χ4v) is 1.25. The number of imidazole rings is 1. The number of aromatic nitrogens is 2. The Kier molecular flexibility index (Phi) is 1.43. The summed E-state index contributed by atoms with van der Waals surface area (Å²) >= 11 is 0. The molecule has 0 amide bonds. The number of hydrogen-bond acceptors (Lipinski definition) is 2. The molecule has 0 saturated carbocycles. The van der Waals surface area contributed by atoms with Crippen LogP contribution in [0.25, 0.3) is 11.0 Å². The number of nitrogens with one attached hydrogen (secondary N) is 1. The summed E-state index contributed by atoms with van der Waals surface area (Å²) < 4.78 is 0. The van der Waals surface area contributed by atoms with Crippen molar-refractivity contribution in [2.75, 3.05) is 0 Å². The Labute approximate surface area is 69.4 Å². The third-order valence-electron chi connectivity index (χ3n) is 1.84. The number of rotatable bonds is 1. The second-order valence-electron chi connectivity index (χ2n) is 2.71. The van der Waals surface area contributed by atoms with Crippen molar-refractivity contribution in [2.24, 2.45) is 0 Å². The van der Waals surface area contributed by atoms with Crippen molar-refractivity contribution in [1.82, 2.24) is 9.97 Å². The fraction of sp³-hybridized carbons (Fsp3) is 0.111. The average Bonchev–Trinajstić information content (AvgIpc) is 2.49. The fourth-order valence-electron chi connectivity index (χ4n) is 1.25. The van der Waals surface area contributed by atoms with E-state index in [-0.39, 0.29) is 0 Å². The van der Waals surface area contributed by atoms with Crippen LogP contribution >= 0.6 is 0 Å². The van der Waals surface area contributed by atoms with Crippen molar-refractivity contribution >= 4 is 17.3 Å². The first-order valence-electron chi connectivity index (χ1n) is 3.72. The molecule has 0 radical (unpaired) electrons. The lowest BCUT2D eigenvalue weighted by Crippen LogP contribution is -1.79. The highest BCUT2D eigenvalue weighted by molar-refractivity contribution is 5.83. The van der Waals surface area contributed by atoms with Gasteiger partial charge in [0.15, 0.2) is 12.1 Å². The van der Waals surface area contributed by atoms with Crippen LogP contribution in [0, 0.1) is 6.92 Å². The van der Waals surface area contributed by atoms with Crippen molar-refractivity contribution in [3.05, 3.63) is 29.6 Å². The molecule has 1 aromatic carbocycles. The Hall–Kier alpha value is -1.64. The second-order valence-corrected chi connectivity index (χ2v) is 2.71. The van der Waals surface area contributed by atoms with Crippen LogP contribution in [0.5, 0.6) is 0 Å². The SMILES string of the molecule is Cc1cccc2[nH]c(C=O)nc12. The van der Waals surface area contributed by atoms with E-state index < -0.39 is 0 Å². The Balaban J connectivity index is 2.82. The molecular weight excluding hydrogens is 152 g/mol. The molecule has 1 aromatic heterocycles. The van der Waals surface area contributed by atoms with E-state index in [4.69, 9.17) is 0 Å². The molecule has 0 aliphatic carbocycles. The Bertz CT molecular complexity index is 431. The van der Waals surface area contributed by atoms with E-state index in [1.165, 1.54) is 0 Å². The van der Waals surface area contributed by atoms with Crippen LogP contribution in [0.15, 0.2) is 18.2 Å². The van der Waals surface area contributed by atoms with Gasteiger partial charge in [-0.05, 0) is 18.6 Å². The Morgan fingerprint density at radius 1 is 1.50 bits per heavy atom. The minimum Gasteiger partial charge on any atom is -0.336 e. The van der Waals surface area contributed by atoms with Gasteiger partial charge in [-0.2, -0.15) is 0 Å². The van der Waals surface area contributed by atoms with E-state index in [1.54, 1.807) is 0 Å². The standard InChI is InChI=1S/C9H8N2O/c1-6-3-2-4-7-9(6)11-8(5-12)10-7/h2-5H,1H3,(H,10,11). The molecule has 12 heavy (non-hydrogen) atoms. The lowest BCUT2D eigenvalue weighted by Gasteiger charge is -1.90. The first-order chi connectivity index (χ1) is 5.81. The molecule has 2 aromatic rings. The van der Waals surface area contributed by atoms with E-state index in [2.05, 4.69) is 9.97 Å². The molecule has 0 bridgehead atoms. The number of hydrogen-bond donors (Lipinski definition) is 1. The summed E-state index contributed by atoms with van der Waals surface area (Å²) in [6, 6.07) is 5.81. The van der Waals surface area contributed by atoms with Crippen LogP contribution in [0.4, 0.5) is 0 Å². The minimum absolute atomic E-state index is 0.388. The van der Waals surface area contributed by atoms with Crippen molar-refractivity contribution in [2.45, 2.75) is 6.92 Å². The lowest BCUT2D eigenvalue weighted by atomic mass is 10.2. The summed E-state index contributed by atoms with van der Waals surface area (Å²) in [6.07, 6.45) is 0.722. The molecule has 0 aliphatic heterocycles. The third-order valence-corrected chi connectivity index (χ3v) is 1.84. The van der Waals surface area contributed by atoms with Crippen molar-refractivity contribution in [3.63, 3.8) is 0 Å². The molecule has 3 nitrogen and oxygen atoms in total. The lowest BCUT2D eigenvalue weighted by molar-refractivity contribution is 0.111. The monoisotopic (exact) mass is 160 g/mol. The van der Waals surface area contributed by atoms with Crippen LogP contribution in [0.1, 0.15) is 16.2 Å². The highest BCUT2D eigenvalue weighted by Gasteiger charge is 2.02. The summed E-state index contributed by atoms with van der Waals surface area (Å²) in [5.74, 6) is 0.388. The van der Waals surface area contributed by atoms with E-state index in [0.29, 0.717) is 5.82 Å². The molecule has 0 aliphatic rings. The van der Waals surface area contributed by atoms with E-state index in [0.717, 1.165) is 22.9 Å². The van der Waals surface area contributed by atoms with Gasteiger partial charge in [-0.1, -0.05) is 12.1 Å². The zero-order valence-electron chi connectivity index (χ0n) is 6.66. The molecule has 1 heterocycles. The normalized spacial score (nSPS) is 10.4. The van der Waals surface area contributed by atoms with Crippen molar-refractivity contribution in [3.8, 4) is 0 Å². The molecule has 2 rings (SSSR count). The smallest absolute Gasteiger partial charge is 0.185 e. The van der Waals surface area contributed by atoms with E-state index in [1.807, 2.05) is 25.1 Å². The number of carbonyl (C=O) groups is 1. The number of carbonyl (C=O) groups excluding carboxylic acids is 1. The predicted octanol–water partition coefficient (Wildman–Crippen LogP) is 1.68. The number of aromatic amines is 1. The first kappa shape index (κ1) is 7.03. The Morgan fingerprint density at radius 3 is 3.00 bits per heavy atom. The topological polar surface area (TPSA) is 45.8 Å². The third kappa shape index (κ3) is 0.906. The van der Waals surface area contributed by atoms with Gasteiger partial charge in [0.1, 0.15) is 0 Å². The van der Waals surface area contributed by atoms with Gasteiger partial charge in [-0.3, -0.25) is 4.79 Å². The number of aldehydes is 1. The van der Waals surface area contributed by atoms with Gasteiger partial charge in [-0.25, -0.2) is 4.98 Å². The Morgan fingerprint density at radius 2 is 2.33 bits per heavy atom. The number of aryl methyl sites for hydroxylation is 1. The average molecular weight is 160 g/mol. The van der Waals surface area contributed by atoms with Gasteiger partial charge < -0.3 is 4.98 Å². The van der Waals surface area contributed by atoms with Crippen molar-refractivity contribution < 1.29 is 4.79 Å². The maximum absolute atomic E-state index is 10.4. The summed E-state index contributed by atoms with van der Waals surface area (Å²) in [4.78, 5) is 17.4. The van der Waals surface area contributed by atoms with Gasteiger partial charge in [0, 0.05) is 0 Å². The predicted molar refractivity (Wildman–Crippen MR) is 46.2 cm³/mol. The maximum atomic E-state index is 10.4. The summed E-state index contributed by atoms with van der Waals surface area (Å²) in [6.45, 7) is 1.97. The minimum atomic E-state index is 0.388. The van der Waals surface area contributed by atoms with Gasteiger partial charge >= 0.3 is 0 Å². The van der Waals surface area contributed by atoms with Crippen molar-refractivity contribution in [1.29, 1.82) is 0 Å². The summed E-state index contributed by atoms with van der Waals surface area (Å²) in [7, 11) is 0. The number of benzene rings is 1. The quantitative estimate of drug-likeness (QED) is 0.645. The molecule has 0 spiro atoms. The zero-order valence-corrected chi connectivity index (χ0v) is 6.66. The maximum Gasteiger partial charge on any atom is 0.185 e. The van der Waals surface area contributed by atoms with Crippen LogP contribution in [0.2, 0.25) is 0 Å². The number of H-pyrrole nitrogens is 1. The summed E-state index contributed by atoms with van der Waals surface area (Å²) in [5.41, 5.74) is 2.87. The molecule has 1 N–H and O–H groups in total. The molecule has 3 heteroatoms. The molecule has 0 unspecified atom stereocenters. The first-order valence-corrected chi connectivity index (χ1v) is 3.72. The largest absolute Gasteiger partial charge is 0.336 e. The van der Waals surface area contributed by atoms with Crippen LogP contribution in [0.3, 0.4) is 0 Å². The van der Waals surface area contributed by atoms with Gasteiger partial charge in [0.05, 0.1) is 11.0 Å². The van der Waals surface area contributed by atoms with Crippen LogP contribution < -0.4 is 0 Å².